The highest BCUT2D eigenvalue weighted by Crippen LogP contribution is 2.37. The van der Waals surface area contributed by atoms with Crippen LogP contribution in [0.3, 0.4) is 0 Å². The molecule has 0 radical (unpaired) electrons. The Morgan fingerprint density at radius 2 is 1.35 bits per heavy atom. The Hall–Kier alpha value is -5.81. The zero-order valence-electron chi connectivity index (χ0n) is 31.7. The van der Waals surface area contributed by atoms with Gasteiger partial charge in [0.2, 0.25) is 0 Å². The summed E-state index contributed by atoms with van der Waals surface area (Å²) >= 11 is 6.75. The first kappa shape index (κ1) is 42.3. The van der Waals surface area contributed by atoms with Crippen molar-refractivity contribution >= 4 is 23.5 Å². The summed E-state index contributed by atoms with van der Waals surface area (Å²) in [6.07, 6.45) is 0.364. The highest BCUT2D eigenvalue weighted by atomic mass is 35.5. The number of carboxylic acid groups (broad SMARTS) is 2. The summed E-state index contributed by atoms with van der Waals surface area (Å²) in [5, 5.41) is 53.5. The SMILES string of the molecule is Cc1c(COc2cc(OCc3cncc(C#N)c3)c(CNC[C@@H](O)CC(=O)O)cc2Cl)cccc1-c1cccc(-c2ccc(CNC[C@@H](O)CC(=O)O)cc2)c1C. The van der Waals surface area contributed by atoms with Gasteiger partial charge in [-0.1, -0.05) is 72.3 Å². The molecule has 0 saturated heterocycles. The van der Waals surface area contributed by atoms with E-state index in [2.05, 4.69) is 65.9 Å². The number of carboxylic acids is 2. The number of halogens is 1. The molecule has 4 aromatic carbocycles. The molecular formula is C44H45ClN4O8. The lowest BCUT2D eigenvalue weighted by Gasteiger charge is -2.18. The topological polar surface area (TPSA) is 194 Å². The summed E-state index contributed by atoms with van der Waals surface area (Å²) in [6, 6.07) is 27.6. The van der Waals surface area contributed by atoms with E-state index in [4.69, 9.17) is 31.3 Å². The van der Waals surface area contributed by atoms with E-state index in [1.165, 1.54) is 6.20 Å². The second-order valence-corrected chi connectivity index (χ2v) is 14.1. The molecule has 0 aliphatic rings. The maximum atomic E-state index is 11.0. The Kier molecular flexibility index (Phi) is 15.1. The van der Waals surface area contributed by atoms with Crippen LogP contribution < -0.4 is 20.1 Å². The molecule has 12 nitrogen and oxygen atoms in total. The molecule has 0 amide bonds. The summed E-state index contributed by atoms with van der Waals surface area (Å²) in [6.45, 7) is 5.45. The summed E-state index contributed by atoms with van der Waals surface area (Å²) in [4.78, 5) is 25.9. The van der Waals surface area contributed by atoms with Crippen LogP contribution in [0.1, 0.15) is 51.8 Å². The van der Waals surface area contributed by atoms with Gasteiger partial charge in [0.1, 0.15) is 30.8 Å². The standard InChI is InChI=1S/C44H45ClN4O8/c1-27-33(5-3-7-38(27)39-8-4-6-37(28(39)2)32-11-9-29(10-12-32)19-48-23-35(50)15-43(52)53)26-57-42-17-41(56-25-31-13-30(18-46)20-47-21-31)34(14-40(42)45)22-49-24-36(51)16-44(54)55/h3-14,17,20-21,35-36,48-51H,15-16,19,22-26H2,1-2H3,(H,52,53)(H,54,55)/t35-,36-/m0/s1. The van der Waals surface area contributed by atoms with E-state index in [0.29, 0.717) is 39.8 Å². The molecule has 5 aromatic rings. The highest BCUT2D eigenvalue weighted by molar-refractivity contribution is 6.32. The highest BCUT2D eigenvalue weighted by Gasteiger charge is 2.17. The predicted octanol–water partition coefficient (Wildman–Crippen LogP) is 6.57. The van der Waals surface area contributed by atoms with Crippen LogP contribution in [0.2, 0.25) is 5.02 Å². The van der Waals surface area contributed by atoms with Crippen LogP contribution >= 0.6 is 11.6 Å². The molecule has 0 aliphatic carbocycles. The number of aliphatic carboxylic acids is 2. The number of nitrogens with one attached hydrogen (secondary N) is 2. The molecule has 13 heteroatoms. The molecule has 296 valence electrons. The van der Waals surface area contributed by atoms with Gasteiger partial charge in [0, 0.05) is 55.8 Å². The minimum absolute atomic E-state index is 0.0446. The molecule has 6 N–H and O–H groups in total. The van der Waals surface area contributed by atoms with Crippen molar-refractivity contribution in [2.75, 3.05) is 13.1 Å². The Balaban J connectivity index is 1.31. The number of hydrogen-bond acceptors (Lipinski definition) is 10. The van der Waals surface area contributed by atoms with Gasteiger partial charge in [0.05, 0.1) is 35.6 Å². The number of ether oxygens (including phenoxy) is 2. The number of aromatic nitrogens is 1. The first-order valence-electron chi connectivity index (χ1n) is 18.3. The zero-order chi connectivity index (χ0) is 40.9. The molecular weight excluding hydrogens is 748 g/mol. The molecule has 0 saturated carbocycles. The normalized spacial score (nSPS) is 12.1. The fourth-order valence-corrected chi connectivity index (χ4v) is 6.62. The van der Waals surface area contributed by atoms with Gasteiger partial charge < -0.3 is 40.5 Å². The van der Waals surface area contributed by atoms with Crippen LogP contribution in [-0.2, 0) is 35.9 Å². The van der Waals surface area contributed by atoms with E-state index >= 15 is 0 Å². The molecule has 5 rings (SSSR count). The molecule has 1 heterocycles. The minimum atomic E-state index is -1.10. The Morgan fingerprint density at radius 3 is 2.02 bits per heavy atom. The summed E-state index contributed by atoms with van der Waals surface area (Å²) in [5.41, 5.74) is 10.2. The van der Waals surface area contributed by atoms with Gasteiger partial charge in [0.25, 0.3) is 0 Å². The van der Waals surface area contributed by atoms with Crippen molar-refractivity contribution in [3.63, 3.8) is 0 Å². The Labute approximate surface area is 336 Å². The fourth-order valence-electron chi connectivity index (χ4n) is 6.38. The average Bonchev–Trinajstić information content (AvgIpc) is 3.17. The number of carbonyl (C=O) groups is 2. The third-order valence-corrected chi connectivity index (χ3v) is 9.67. The number of hydrogen-bond donors (Lipinski definition) is 6. The van der Waals surface area contributed by atoms with E-state index in [0.717, 1.165) is 44.5 Å². The van der Waals surface area contributed by atoms with Gasteiger partial charge in [-0.2, -0.15) is 5.26 Å². The van der Waals surface area contributed by atoms with Gasteiger partial charge in [0.15, 0.2) is 0 Å². The maximum Gasteiger partial charge on any atom is 0.306 e. The number of aliphatic hydroxyl groups is 2. The number of benzene rings is 4. The second-order valence-electron chi connectivity index (χ2n) is 13.7. The first-order valence-corrected chi connectivity index (χ1v) is 18.7. The first-order chi connectivity index (χ1) is 27.4. The smallest absolute Gasteiger partial charge is 0.306 e. The van der Waals surface area contributed by atoms with Crippen molar-refractivity contribution < 1.29 is 39.5 Å². The van der Waals surface area contributed by atoms with Gasteiger partial charge >= 0.3 is 11.9 Å². The van der Waals surface area contributed by atoms with Gasteiger partial charge in [-0.05, 0) is 70.5 Å². The van der Waals surface area contributed by atoms with E-state index in [9.17, 15) is 25.1 Å². The maximum absolute atomic E-state index is 11.0. The van der Waals surface area contributed by atoms with Crippen molar-refractivity contribution in [1.82, 2.24) is 15.6 Å². The van der Waals surface area contributed by atoms with Crippen LogP contribution in [0.4, 0.5) is 0 Å². The summed E-state index contributed by atoms with van der Waals surface area (Å²) in [7, 11) is 0. The van der Waals surface area contributed by atoms with E-state index in [1.54, 1.807) is 24.4 Å². The fraction of sp³-hybridized carbons (Fsp3) is 0.273. The molecule has 2 atom stereocenters. The summed E-state index contributed by atoms with van der Waals surface area (Å²) < 4.78 is 12.5. The monoisotopic (exact) mass is 792 g/mol. The van der Waals surface area contributed by atoms with Gasteiger partial charge in [-0.3, -0.25) is 14.6 Å². The van der Waals surface area contributed by atoms with Crippen molar-refractivity contribution in [2.24, 2.45) is 0 Å². The Morgan fingerprint density at radius 1 is 0.737 bits per heavy atom. The predicted molar refractivity (Wildman–Crippen MR) is 216 cm³/mol. The lowest BCUT2D eigenvalue weighted by molar-refractivity contribution is -0.140. The van der Waals surface area contributed by atoms with Crippen LogP contribution in [-0.4, -0.2) is 62.6 Å². The van der Waals surface area contributed by atoms with Crippen molar-refractivity contribution in [3.05, 3.63) is 135 Å². The molecule has 0 unspecified atom stereocenters. The third kappa shape index (κ3) is 12.1. The van der Waals surface area contributed by atoms with Crippen LogP contribution in [0, 0.1) is 25.2 Å². The number of nitriles is 1. The average molecular weight is 793 g/mol. The molecule has 0 spiro atoms. The van der Waals surface area contributed by atoms with Crippen LogP contribution in [0.5, 0.6) is 11.5 Å². The largest absolute Gasteiger partial charge is 0.488 e. The van der Waals surface area contributed by atoms with Gasteiger partial charge in [-0.15, -0.1) is 0 Å². The zero-order valence-corrected chi connectivity index (χ0v) is 32.4. The van der Waals surface area contributed by atoms with Crippen molar-refractivity contribution in [2.45, 2.75) is 65.2 Å². The number of pyridine rings is 1. The van der Waals surface area contributed by atoms with Crippen molar-refractivity contribution in [3.8, 4) is 39.8 Å². The van der Waals surface area contributed by atoms with Crippen LogP contribution in [0.15, 0.2) is 91.3 Å². The number of nitrogens with zero attached hydrogens (tertiary/aromatic N) is 2. The molecule has 0 fully saturated rings. The second kappa shape index (κ2) is 20.4. The molecule has 57 heavy (non-hydrogen) atoms. The third-order valence-electron chi connectivity index (χ3n) is 9.38. The lowest BCUT2D eigenvalue weighted by atomic mass is 9.89. The van der Waals surface area contributed by atoms with Gasteiger partial charge in [-0.25, -0.2) is 0 Å². The molecule has 0 aliphatic heterocycles. The van der Waals surface area contributed by atoms with E-state index in [1.807, 2.05) is 30.3 Å². The van der Waals surface area contributed by atoms with E-state index in [-0.39, 0.29) is 39.3 Å². The molecule has 1 aromatic heterocycles. The Bertz CT molecular complexity index is 2220. The minimum Gasteiger partial charge on any atom is -0.488 e. The van der Waals surface area contributed by atoms with Crippen molar-refractivity contribution in [1.29, 1.82) is 5.26 Å². The quantitative estimate of drug-likeness (QED) is 0.0498. The molecule has 0 bridgehead atoms. The lowest BCUT2D eigenvalue weighted by Crippen LogP contribution is -2.28. The summed E-state index contributed by atoms with van der Waals surface area (Å²) in [5.74, 6) is -1.29. The number of rotatable bonds is 20. The van der Waals surface area contributed by atoms with E-state index < -0.39 is 30.6 Å². The number of aliphatic hydroxyl groups excluding tert-OH is 2. The van der Waals surface area contributed by atoms with Crippen LogP contribution in [0.25, 0.3) is 22.3 Å².